The first-order valence-electron chi connectivity index (χ1n) is 3.90. The molecule has 2 rings (SSSR count). The molecule has 0 unspecified atom stereocenters. The van der Waals surface area contributed by atoms with Crippen LogP contribution in [0.3, 0.4) is 0 Å². The summed E-state index contributed by atoms with van der Waals surface area (Å²) >= 11 is 10.3. The van der Waals surface area contributed by atoms with Crippen LogP contribution < -0.4 is 5.73 Å². The highest BCUT2D eigenvalue weighted by atomic mass is 79.9. The molecule has 7 heteroatoms. The third kappa shape index (κ3) is 2.24. The van der Waals surface area contributed by atoms with Crippen LogP contribution in [-0.2, 0) is 0 Å². The number of halogens is 3. The Kier molecular flexibility index (Phi) is 3.13. The second-order valence-corrected chi connectivity index (χ2v) is 5.39. The number of nitrogens with zero attached hydrogens (tertiary/aromatic N) is 3. The highest BCUT2D eigenvalue weighted by Crippen LogP contribution is 2.32. The van der Waals surface area contributed by atoms with Crippen LogP contribution in [0.25, 0.3) is 5.69 Å². The van der Waals surface area contributed by atoms with E-state index < -0.39 is 0 Å². The minimum absolute atomic E-state index is 0.247. The molecule has 0 fully saturated rings. The van der Waals surface area contributed by atoms with Gasteiger partial charge in [-0.25, -0.2) is 9.67 Å². The van der Waals surface area contributed by atoms with E-state index >= 15 is 0 Å². The molecule has 0 aliphatic rings. The molecule has 0 radical (unpaired) electrons. The Balaban J connectivity index is 2.62. The molecule has 15 heavy (non-hydrogen) atoms. The summed E-state index contributed by atoms with van der Waals surface area (Å²) in [6.45, 7) is 0. The monoisotopic (exact) mass is 394 g/mol. The highest BCUT2D eigenvalue weighted by molar-refractivity contribution is 9.11. The Morgan fingerprint density at radius 3 is 2.20 bits per heavy atom. The molecule has 78 valence electrons. The highest BCUT2D eigenvalue weighted by Gasteiger charge is 2.10. The Hall–Kier alpha value is -0.400. The van der Waals surface area contributed by atoms with E-state index in [4.69, 9.17) is 5.73 Å². The lowest BCUT2D eigenvalue weighted by atomic mass is 10.3. The first kappa shape index (κ1) is 11.1. The Labute approximate surface area is 111 Å². The van der Waals surface area contributed by atoms with Gasteiger partial charge in [0.2, 0.25) is 5.95 Å². The quantitative estimate of drug-likeness (QED) is 0.805. The lowest BCUT2D eigenvalue weighted by Gasteiger charge is -2.07. The van der Waals surface area contributed by atoms with Crippen molar-refractivity contribution in [1.82, 2.24) is 14.8 Å². The molecule has 0 saturated carbocycles. The molecule has 1 heterocycles. The summed E-state index contributed by atoms with van der Waals surface area (Å²) in [7, 11) is 0. The van der Waals surface area contributed by atoms with E-state index in [0.29, 0.717) is 0 Å². The second kappa shape index (κ2) is 4.23. The zero-order valence-corrected chi connectivity index (χ0v) is 12.0. The SMILES string of the molecule is Nc1ncn(-c2c(Br)cc(Br)cc2Br)n1. The van der Waals surface area contributed by atoms with Crippen molar-refractivity contribution in [2.75, 3.05) is 5.73 Å². The van der Waals surface area contributed by atoms with E-state index in [0.717, 1.165) is 19.1 Å². The van der Waals surface area contributed by atoms with E-state index in [1.54, 1.807) is 11.0 Å². The van der Waals surface area contributed by atoms with Crippen molar-refractivity contribution in [2.45, 2.75) is 0 Å². The molecule has 4 nitrogen and oxygen atoms in total. The molecular weight excluding hydrogens is 392 g/mol. The summed E-state index contributed by atoms with van der Waals surface area (Å²) in [6, 6.07) is 3.86. The van der Waals surface area contributed by atoms with Crippen molar-refractivity contribution in [3.05, 3.63) is 31.9 Å². The first-order valence-corrected chi connectivity index (χ1v) is 6.28. The number of nitrogens with two attached hydrogens (primary N) is 1. The van der Waals surface area contributed by atoms with Crippen molar-refractivity contribution in [2.24, 2.45) is 0 Å². The largest absolute Gasteiger partial charge is 0.366 e. The van der Waals surface area contributed by atoms with E-state index in [-0.39, 0.29) is 5.95 Å². The van der Waals surface area contributed by atoms with Crippen LogP contribution in [0, 0.1) is 0 Å². The first-order chi connectivity index (χ1) is 7.08. The van der Waals surface area contributed by atoms with Crippen LogP contribution in [0.5, 0.6) is 0 Å². The molecule has 0 atom stereocenters. The van der Waals surface area contributed by atoms with Gasteiger partial charge in [0.15, 0.2) is 0 Å². The molecule has 0 amide bonds. The van der Waals surface area contributed by atoms with Crippen LogP contribution in [0.2, 0.25) is 0 Å². The van der Waals surface area contributed by atoms with E-state index in [9.17, 15) is 0 Å². The normalized spacial score (nSPS) is 10.6. The van der Waals surface area contributed by atoms with Crippen molar-refractivity contribution >= 4 is 53.7 Å². The van der Waals surface area contributed by atoms with Gasteiger partial charge < -0.3 is 5.73 Å². The van der Waals surface area contributed by atoms with E-state index in [1.807, 2.05) is 12.1 Å². The Morgan fingerprint density at radius 2 is 1.73 bits per heavy atom. The van der Waals surface area contributed by atoms with E-state index in [2.05, 4.69) is 57.9 Å². The summed E-state index contributed by atoms with van der Waals surface area (Å²) in [5, 5.41) is 4.04. The van der Waals surface area contributed by atoms with Crippen LogP contribution in [0.4, 0.5) is 5.95 Å². The minimum Gasteiger partial charge on any atom is -0.366 e. The second-order valence-electron chi connectivity index (χ2n) is 2.77. The molecule has 2 aromatic rings. The predicted molar refractivity (Wildman–Crippen MR) is 68.9 cm³/mol. The van der Waals surface area contributed by atoms with E-state index in [1.165, 1.54) is 0 Å². The fourth-order valence-electron chi connectivity index (χ4n) is 1.14. The Morgan fingerprint density at radius 1 is 1.13 bits per heavy atom. The molecule has 0 bridgehead atoms. The zero-order valence-electron chi connectivity index (χ0n) is 7.28. The summed E-state index contributed by atoms with van der Waals surface area (Å²) in [5.74, 6) is 0.247. The molecule has 0 aliphatic carbocycles. The van der Waals surface area contributed by atoms with Crippen molar-refractivity contribution < 1.29 is 0 Å². The number of anilines is 1. The lowest BCUT2D eigenvalue weighted by Crippen LogP contribution is -1.98. The zero-order chi connectivity index (χ0) is 11.0. The summed E-state index contributed by atoms with van der Waals surface area (Å²) < 4.78 is 4.37. The lowest BCUT2D eigenvalue weighted by molar-refractivity contribution is 0.874. The number of nitrogen functional groups attached to an aromatic ring is 1. The minimum atomic E-state index is 0.247. The standard InChI is InChI=1S/C8H5Br3N4/c9-4-1-5(10)7(6(11)2-4)15-3-13-8(12)14-15/h1-3H,(H2,12,14). The molecule has 1 aromatic carbocycles. The van der Waals surface area contributed by atoms with Gasteiger partial charge in [-0.2, -0.15) is 0 Å². The van der Waals surface area contributed by atoms with Crippen molar-refractivity contribution in [3.63, 3.8) is 0 Å². The van der Waals surface area contributed by atoms with Gasteiger partial charge in [-0.15, -0.1) is 5.10 Å². The third-order valence-corrected chi connectivity index (χ3v) is 3.39. The van der Waals surface area contributed by atoms with Gasteiger partial charge in [0.1, 0.15) is 6.33 Å². The summed E-state index contributed by atoms with van der Waals surface area (Å²) in [6.07, 6.45) is 1.56. The molecule has 0 spiro atoms. The molecule has 1 aromatic heterocycles. The smallest absolute Gasteiger partial charge is 0.239 e. The summed E-state index contributed by atoms with van der Waals surface area (Å²) in [5.41, 5.74) is 6.33. The number of rotatable bonds is 1. The maximum Gasteiger partial charge on any atom is 0.239 e. The third-order valence-electron chi connectivity index (χ3n) is 1.72. The average Bonchev–Trinajstić information content (AvgIpc) is 2.49. The molecular formula is C8H5Br3N4. The van der Waals surface area contributed by atoms with Crippen LogP contribution >= 0.6 is 47.8 Å². The van der Waals surface area contributed by atoms with Gasteiger partial charge in [0.05, 0.1) is 5.69 Å². The molecule has 2 N–H and O–H groups in total. The number of benzene rings is 1. The molecule has 0 saturated heterocycles. The number of hydrogen-bond acceptors (Lipinski definition) is 3. The van der Waals surface area contributed by atoms with Crippen LogP contribution in [0.1, 0.15) is 0 Å². The van der Waals surface area contributed by atoms with Crippen LogP contribution in [-0.4, -0.2) is 14.8 Å². The topological polar surface area (TPSA) is 56.7 Å². The van der Waals surface area contributed by atoms with Gasteiger partial charge in [0.25, 0.3) is 0 Å². The van der Waals surface area contributed by atoms with Gasteiger partial charge in [0, 0.05) is 13.4 Å². The average molecular weight is 397 g/mol. The fraction of sp³-hybridized carbons (Fsp3) is 0. The van der Waals surface area contributed by atoms with Gasteiger partial charge in [-0.3, -0.25) is 0 Å². The van der Waals surface area contributed by atoms with Gasteiger partial charge in [-0.05, 0) is 44.0 Å². The van der Waals surface area contributed by atoms with Gasteiger partial charge >= 0.3 is 0 Å². The van der Waals surface area contributed by atoms with Gasteiger partial charge in [-0.1, -0.05) is 15.9 Å². The molecule has 0 aliphatic heterocycles. The maximum absolute atomic E-state index is 5.46. The Bertz CT molecular complexity index is 485. The predicted octanol–water partition coefficient (Wildman–Crippen LogP) is 3.14. The van der Waals surface area contributed by atoms with Crippen LogP contribution in [0.15, 0.2) is 31.9 Å². The van der Waals surface area contributed by atoms with Crippen molar-refractivity contribution in [3.8, 4) is 5.69 Å². The number of hydrogen-bond donors (Lipinski definition) is 1. The fourth-order valence-corrected chi connectivity index (χ4v) is 3.76. The van der Waals surface area contributed by atoms with Crippen molar-refractivity contribution in [1.29, 1.82) is 0 Å². The maximum atomic E-state index is 5.46. The number of aromatic nitrogens is 3. The summed E-state index contributed by atoms with van der Waals surface area (Å²) in [4.78, 5) is 3.87.